The predicted octanol–water partition coefficient (Wildman–Crippen LogP) is 5.15. The summed E-state index contributed by atoms with van der Waals surface area (Å²) < 4.78 is 52.2. The molecule has 2 aromatic rings. The minimum atomic E-state index is -2.64. The van der Waals surface area contributed by atoms with Crippen LogP contribution in [0.5, 0.6) is 11.5 Å². The Labute approximate surface area is 202 Å². The molecule has 11 heteroatoms. The third-order valence-corrected chi connectivity index (χ3v) is 4.89. The second-order valence-corrected chi connectivity index (χ2v) is 9.21. The maximum absolute atomic E-state index is 12.7. The van der Waals surface area contributed by atoms with Crippen molar-refractivity contribution in [3.8, 4) is 23.0 Å². The topological polar surface area (TPSA) is 109 Å². The van der Waals surface area contributed by atoms with Gasteiger partial charge in [-0.15, -0.1) is 0 Å². The summed E-state index contributed by atoms with van der Waals surface area (Å²) in [5.74, 6) is 0.200. The normalized spacial score (nSPS) is 14.4. The highest BCUT2D eigenvalue weighted by Gasteiger charge is 2.29. The molecule has 0 bridgehead atoms. The van der Waals surface area contributed by atoms with Gasteiger partial charge in [-0.05, 0) is 64.7 Å². The van der Waals surface area contributed by atoms with E-state index in [4.69, 9.17) is 23.4 Å². The number of alkyl halides is 2. The molecule has 1 aliphatic carbocycles. The van der Waals surface area contributed by atoms with Crippen LogP contribution in [-0.2, 0) is 9.47 Å². The Morgan fingerprint density at radius 3 is 2.51 bits per heavy atom. The van der Waals surface area contributed by atoms with Crippen molar-refractivity contribution in [3.05, 3.63) is 29.7 Å². The third-order valence-electron chi connectivity index (χ3n) is 4.89. The Bertz CT molecular complexity index is 1040. The molecule has 1 aromatic heterocycles. The van der Waals surface area contributed by atoms with E-state index in [9.17, 15) is 18.4 Å². The van der Waals surface area contributed by atoms with E-state index in [1.165, 1.54) is 13.2 Å². The number of esters is 1. The van der Waals surface area contributed by atoms with Crippen LogP contribution in [-0.4, -0.2) is 49.4 Å². The molecule has 1 heterocycles. The second-order valence-electron chi connectivity index (χ2n) is 9.21. The van der Waals surface area contributed by atoms with Crippen molar-refractivity contribution in [1.29, 1.82) is 0 Å². The van der Waals surface area contributed by atoms with Gasteiger partial charge >= 0.3 is 12.1 Å². The molecule has 192 valence electrons. The van der Waals surface area contributed by atoms with Crippen LogP contribution < -0.4 is 14.8 Å². The highest BCUT2D eigenvalue weighted by molar-refractivity contribution is 5.89. The molecule has 1 aromatic carbocycles. The average molecular weight is 497 g/mol. The lowest BCUT2D eigenvalue weighted by atomic mass is 10.2. The molecule has 1 amide bonds. The Morgan fingerprint density at radius 1 is 1.20 bits per heavy atom. The number of rotatable bonds is 10. The number of hydrogen-bond acceptors (Lipinski definition) is 8. The Hall–Kier alpha value is -3.37. The van der Waals surface area contributed by atoms with Gasteiger partial charge in [-0.25, -0.2) is 23.4 Å². The van der Waals surface area contributed by atoms with Crippen LogP contribution in [0.1, 0.15) is 62.8 Å². The molecule has 0 aliphatic heterocycles. The number of methoxy groups -OCH3 is 1. The van der Waals surface area contributed by atoms with E-state index in [0.29, 0.717) is 18.1 Å². The number of alkyl carbamates (subject to hydrolysis) is 1. The Balaban J connectivity index is 1.89. The highest BCUT2D eigenvalue weighted by atomic mass is 19.3. The molecule has 1 atom stereocenters. The number of halogens is 2. The number of nitrogens with one attached hydrogen (secondary N) is 1. The second kappa shape index (κ2) is 10.9. The van der Waals surface area contributed by atoms with E-state index in [0.717, 1.165) is 12.8 Å². The maximum atomic E-state index is 12.7. The smallest absolute Gasteiger partial charge is 0.408 e. The van der Waals surface area contributed by atoms with Crippen molar-refractivity contribution < 1.29 is 41.7 Å². The largest absolute Gasteiger partial charge is 0.489 e. The van der Waals surface area contributed by atoms with Gasteiger partial charge in [-0.1, -0.05) is 0 Å². The number of oxazole rings is 1. The summed E-state index contributed by atoms with van der Waals surface area (Å²) in [5.41, 5.74) is -0.419. The summed E-state index contributed by atoms with van der Waals surface area (Å²) in [4.78, 5) is 28.8. The minimum Gasteiger partial charge on any atom is -0.489 e. The molecule has 3 rings (SSSR count). The number of ether oxygens (including phenoxy) is 4. The summed E-state index contributed by atoms with van der Waals surface area (Å²) >= 11 is 0. The number of hydrogen-bond donors (Lipinski definition) is 1. The number of carbonyl (C=O) groups excluding carboxylic acids is 2. The Morgan fingerprint density at radius 2 is 1.91 bits per heavy atom. The summed E-state index contributed by atoms with van der Waals surface area (Å²) in [6.45, 7) is 6.42. The van der Waals surface area contributed by atoms with Crippen LogP contribution in [0.3, 0.4) is 0 Å². The van der Waals surface area contributed by atoms with Crippen molar-refractivity contribution in [2.45, 2.75) is 58.6 Å². The minimum absolute atomic E-state index is 0.0509. The van der Waals surface area contributed by atoms with Gasteiger partial charge in [-0.2, -0.15) is 0 Å². The standard InChI is InChI=1S/C24H30F2N2O7/c1-13(27-23(30)35-24(2,3)4)20-19(22(29)31-5)28-21(34-20)15-8-9-16(33-12-18(25)26)17(10-15)32-11-14-6-7-14/h8-10,13-14,18H,6-7,11-12H2,1-5H3,(H,27,30). The van der Waals surface area contributed by atoms with Gasteiger partial charge < -0.3 is 28.7 Å². The molecular weight excluding hydrogens is 466 g/mol. The van der Waals surface area contributed by atoms with Crippen LogP contribution in [0.4, 0.5) is 13.6 Å². The van der Waals surface area contributed by atoms with E-state index < -0.39 is 36.7 Å². The lowest BCUT2D eigenvalue weighted by Crippen LogP contribution is -2.34. The maximum Gasteiger partial charge on any atom is 0.408 e. The first kappa shape index (κ1) is 26.2. The fourth-order valence-electron chi connectivity index (χ4n) is 3.06. The van der Waals surface area contributed by atoms with Crippen molar-refractivity contribution in [2.75, 3.05) is 20.3 Å². The van der Waals surface area contributed by atoms with Crippen molar-refractivity contribution >= 4 is 12.1 Å². The fraction of sp³-hybridized carbons (Fsp3) is 0.542. The molecule has 35 heavy (non-hydrogen) atoms. The first-order chi connectivity index (χ1) is 16.5. The van der Waals surface area contributed by atoms with E-state index in [1.54, 1.807) is 39.8 Å². The van der Waals surface area contributed by atoms with Gasteiger partial charge in [0.2, 0.25) is 5.89 Å². The molecule has 0 spiro atoms. The van der Waals surface area contributed by atoms with Crippen LogP contribution >= 0.6 is 0 Å². The molecule has 1 fully saturated rings. The van der Waals surface area contributed by atoms with Crippen molar-refractivity contribution in [3.63, 3.8) is 0 Å². The van der Waals surface area contributed by atoms with Crippen LogP contribution in [0.25, 0.3) is 11.5 Å². The van der Waals surface area contributed by atoms with Gasteiger partial charge in [0.05, 0.1) is 19.8 Å². The van der Waals surface area contributed by atoms with E-state index in [1.807, 2.05) is 0 Å². The molecule has 1 aliphatic rings. The van der Waals surface area contributed by atoms with Gasteiger partial charge in [-0.3, -0.25) is 0 Å². The third kappa shape index (κ3) is 7.56. The average Bonchev–Trinajstić information content (AvgIpc) is 3.49. The fourth-order valence-corrected chi connectivity index (χ4v) is 3.06. The van der Waals surface area contributed by atoms with Gasteiger partial charge in [0.1, 0.15) is 12.2 Å². The lowest BCUT2D eigenvalue weighted by Gasteiger charge is -2.21. The molecule has 0 radical (unpaired) electrons. The van der Waals surface area contributed by atoms with E-state index in [-0.39, 0.29) is 28.8 Å². The summed E-state index contributed by atoms with van der Waals surface area (Å²) in [6, 6.07) is 3.79. The predicted molar refractivity (Wildman–Crippen MR) is 121 cm³/mol. The first-order valence-corrected chi connectivity index (χ1v) is 11.2. The SMILES string of the molecule is COC(=O)c1nc(-c2ccc(OCC(F)F)c(OCC3CC3)c2)oc1C(C)NC(=O)OC(C)(C)C. The molecular formula is C24H30F2N2O7. The summed E-state index contributed by atoms with van der Waals surface area (Å²) in [5, 5.41) is 2.61. The molecule has 1 saturated carbocycles. The number of nitrogens with zero attached hydrogens (tertiary/aromatic N) is 1. The van der Waals surface area contributed by atoms with Gasteiger partial charge in [0, 0.05) is 5.56 Å². The molecule has 0 saturated heterocycles. The summed E-state index contributed by atoms with van der Waals surface area (Å²) in [6.07, 6.45) is -1.25. The zero-order valence-corrected chi connectivity index (χ0v) is 20.4. The highest BCUT2D eigenvalue weighted by Crippen LogP contribution is 2.37. The van der Waals surface area contributed by atoms with Crippen LogP contribution in [0, 0.1) is 5.92 Å². The van der Waals surface area contributed by atoms with Crippen molar-refractivity contribution in [2.24, 2.45) is 5.92 Å². The molecule has 9 nitrogen and oxygen atoms in total. The first-order valence-electron chi connectivity index (χ1n) is 11.2. The zero-order chi connectivity index (χ0) is 25.8. The zero-order valence-electron chi connectivity index (χ0n) is 20.4. The quantitative estimate of drug-likeness (QED) is 0.450. The molecule has 1 unspecified atom stereocenters. The Kier molecular flexibility index (Phi) is 8.18. The van der Waals surface area contributed by atoms with Gasteiger partial charge in [0.15, 0.2) is 23.0 Å². The monoisotopic (exact) mass is 496 g/mol. The molecule has 1 N–H and O–H groups in total. The van der Waals surface area contributed by atoms with Gasteiger partial charge in [0.25, 0.3) is 6.43 Å². The van der Waals surface area contributed by atoms with Crippen LogP contribution in [0.15, 0.2) is 22.6 Å². The number of benzene rings is 1. The van der Waals surface area contributed by atoms with E-state index >= 15 is 0 Å². The summed E-state index contributed by atoms with van der Waals surface area (Å²) in [7, 11) is 1.20. The number of aromatic nitrogens is 1. The number of amides is 1. The van der Waals surface area contributed by atoms with Crippen LogP contribution in [0.2, 0.25) is 0 Å². The number of carbonyl (C=O) groups is 2. The van der Waals surface area contributed by atoms with E-state index in [2.05, 4.69) is 10.3 Å². The lowest BCUT2D eigenvalue weighted by molar-refractivity contribution is 0.0495. The van der Waals surface area contributed by atoms with Crippen molar-refractivity contribution in [1.82, 2.24) is 10.3 Å².